The summed E-state index contributed by atoms with van der Waals surface area (Å²) in [6, 6.07) is 25.9. The number of carbonyl (C=O) groups excluding carboxylic acids is 2. The normalized spacial score (nSPS) is 20.9. The topological polar surface area (TPSA) is 124 Å². The van der Waals surface area contributed by atoms with Crippen LogP contribution in [0.15, 0.2) is 103 Å². The van der Waals surface area contributed by atoms with Gasteiger partial charge in [-0.15, -0.1) is 0 Å². The minimum absolute atomic E-state index is 0.0897. The highest BCUT2D eigenvalue weighted by molar-refractivity contribution is 5.94. The molecule has 9 heteroatoms. The lowest BCUT2D eigenvalue weighted by atomic mass is 9.91. The Morgan fingerprint density at radius 3 is 2.31 bits per heavy atom. The summed E-state index contributed by atoms with van der Waals surface area (Å²) in [7, 11) is 0. The van der Waals surface area contributed by atoms with Crippen LogP contribution in [0.1, 0.15) is 33.5 Å². The molecular formula is C33H33NO8. The lowest BCUT2D eigenvalue weighted by Gasteiger charge is -2.31. The lowest BCUT2D eigenvalue weighted by molar-refractivity contribution is -0.157. The fraction of sp³-hybridized carbons (Fsp3) is 0.273. The highest BCUT2D eigenvalue weighted by atomic mass is 16.8. The summed E-state index contributed by atoms with van der Waals surface area (Å²) < 4.78 is 24.6. The van der Waals surface area contributed by atoms with Crippen molar-refractivity contribution in [3.63, 3.8) is 0 Å². The number of nitrogens with one attached hydrogen (secondary N) is 1. The van der Waals surface area contributed by atoms with Crippen molar-refractivity contribution < 1.29 is 38.7 Å². The summed E-state index contributed by atoms with van der Waals surface area (Å²) in [5.74, 6) is -2.25. The predicted octanol–water partition coefficient (Wildman–Crippen LogP) is 3.32. The third kappa shape index (κ3) is 6.45. The monoisotopic (exact) mass is 571 g/mol. The van der Waals surface area contributed by atoms with Gasteiger partial charge in [0.1, 0.15) is 24.9 Å². The highest BCUT2D eigenvalue weighted by Gasteiger charge is 2.54. The van der Waals surface area contributed by atoms with E-state index >= 15 is 0 Å². The maximum Gasteiger partial charge on any atom is 0.338 e. The van der Waals surface area contributed by atoms with Crippen molar-refractivity contribution in [2.75, 3.05) is 26.4 Å². The zero-order valence-electron chi connectivity index (χ0n) is 22.9. The van der Waals surface area contributed by atoms with E-state index in [0.717, 1.165) is 11.1 Å². The van der Waals surface area contributed by atoms with Gasteiger partial charge in [0.2, 0.25) is 11.7 Å². The SMILES string of the molecule is O=C(NCCO)C1=C[C@H]2OC(c3ccccc3)(c3ccccc3)O[C@H]2[C@H](OC(=O)c2cccc(C=COCCO)c2)C1. The van der Waals surface area contributed by atoms with Gasteiger partial charge in [0, 0.05) is 29.7 Å². The number of carbonyl (C=O) groups is 2. The van der Waals surface area contributed by atoms with Crippen molar-refractivity contribution in [2.24, 2.45) is 0 Å². The van der Waals surface area contributed by atoms with Gasteiger partial charge in [-0.3, -0.25) is 4.79 Å². The fourth-order valence-corrected chi connectivity index (χ4v) is 5.10. The van der Waals surface area contributed by atoms with Crippen molar-refractivity contribution in [1.82, 2.24) is 5.32 Å². The molecule has 0 radical (unpaired) electrons. The molecule has 9 nitrogen and oxygen atoms in total. The molecule has 1 heterocycles. The predicted molar refractivity (Wildman–Crippen MR) is 154 cm³/mol. The number of hydrogen-bond acceptors (Lipinski definition) is 8. The molecule has 1 amide bonds. The summed E-state index contributed by atoms with van der Waals surface area (Å²) in [5, 5.41) is 20.8. The molecular weight excluding hydrogens is 538 g/mol. The van der Waals surface area contributed by atoms with E-state index in [1.54, 1.807) is 36.4 Å². The number of aliphatic hydroxyl groups is 2. The van der Waals surface area contributed by atoms with Gasteiger partial charge in [0.15, 0.2) is 0 Å². The first kappa shape index (κ1) is 29.2. The summed E-state index contributed by atoms with van der Waals surface area (Å²) in [5.41, 5.74) is 2.92. The number of ether oxygens (including phenoxy) is 4. The minimum atomic E-state index is -1.30. The number of esters is 1. The Hall–Kier alpha value is -4.28. The summed E-state index contributed by atoms with van der Waals surface area (Å²) in [6.45, 7) is -0.0491. The van der Waals surface area contributed by atoms with E-state index in [1.165, 1.54) is 6.26 Å². The second kappa shape index (κ2) is 13.6. The van der Waals surface area contributed by atoms with Crippen molar-refractivity contribution in [2.45, 2.75) is 30.5 Å². The second-order valence-electron chi connectivity index (χ2n) is 9.86. The van der Waals surface area contributed by atoms with Crippen LogP contribution in [0.25, 0.3) is 6.08 Å². The quantitative estimate of drug-likeness (QED) is 0.182. The molecule has 1 aliphatic carbocycles. The fourth-order valence-electron chi connectivity index (χ4n) is 5.10. The molecule has 5 rings (SSSR count). The summed E-state index contributed by atoms with van der Waals surface area (Å²) >= 11 is 0. The molecule has 1 saturated heterocycles. The Balaban J connectivity index is 1.46. The minimum Gasteiger partial charge on any atom is -0.499 e. The Kier molecular flexibility index (Phi) is 9.45. The van der Waals surface area contributed by atoms with Gasteiger partial charge in [-0.05, 0) is 29.8 Å². The first-order chi connectivity index (χ1) is 20.5. The van der Waals surface area contributed by atoms with Crippen molar-refractivity contribution in [3.8, 4) is 0 Å². The van der Waals surface area contributed by atoms with Crippen LogP contribution < -0.4 is 5.32 Å². The second-order valence-corrected chi connectivity index (χ2v) is 9.86. The molecule has 0 unspecified atom stereocenters. The molecule has 218 valence electrons. The van der Waals surface area contributed by atoms with E-state index in [0.29, 0.717) is 16.7 Å². The Bertz CT molecular complexity index is 1380. The maximum absolute atomic E-state index is 13.4. The van der Waals surface area contributed by atoms with Gasteiger partial charge in [0.25, 0.3) is 0 Å². The third-order valence-corrected chi connectivity index (χ3v) is 7.02. The van der Waals surface area contributed by atoms with Crippen LogP contribution in [-0.4, -0.2) is 66.8 Å². The molecule has 1 aliphatic heterocycles. The molecule has 3 atom stereocenters. The van der Waals surface area contributed by atoms with E-state index < -0.39 is 30.1 Å². The van der Waals surface area contributed by atoms with Gasteiger partial charge in [0.05, 0.1) is 25.0 Å². The number of rotatable bonds is 11. The van der Waals surface area contributed by atoms with E-state index in [9.17, 15) is 14.7 Å². The van der Waals surface area contributed by atoms with Crippen molar-refractivity contribution in [3.05, 3.63) is 125 Å². The highest BCUT2D eigenvalue weighted by Crippen LogP contribution is 2.47. The molecule has 0 aromatic heterocycles. The number of aliphatic hydroxyl groups excluding tert-OH is 2. The van der Waals surface area contributed by atoms with Crippen LogP contribution in [-0.2, 0) is 29.5 Å². The Labute approximate surface area is 244 Å². The zero-order chi connectivity index (χ0) is 29.4. The van der Waals surface area contributed by atoms with Gasteiger partial charge < -0.3 is 34.5 Å². The molecule has 3 N–H and O–H groups in total. The first-order valence-electron chi connectivity index (χ1n) is 13.8. The van der Waals surface area contributed by atoms with Crippen molar-refractivity contribution in [1.29, 1.82) is 0 Å². The van der Waals surface area contributed by atoms with Gasteiger partial charge >= 0.3 is 5.97 Å². The van der Waals surface area contributed by atoms with E-state index in [1.807, 2.05) is 60.7 Å². The van der Waals surface area contributed by atoms with Crippen molar-refractivity contribution >= 4 is 18.0 Å². The molecule has 3 aromatic rings. The van der Waals surface area contributed by atoms with E-state index in [4.69, 9.17) is 24.1 Å². The van der Waals surface area contributed by atoms with Crippen LogP contribution >= 0.6 is 0 Å². The van der Waals surface area contributed by atoms with Crippen LogP contribution in [0.4, 0.5) is 0 Å². The Morgan fingerprint density at radius 2 is 1.64 bits per heavy atom. The average molecular weight is 572 g/mol. The van der Waals surface area contributed by atoms with Gasteiger partial charge in [-0.2, -0.15) is 0 Å². The number of benzene rings is 3. The lowest BCUT2D eigenvalue weighted by Crippen LogP contribution is -2.43. The number of fused-ring (bicyclic) bond motifs is 1. The number of hydrogen-bond donors (Lipinski definition) is 3. The standard InChI is InChI=1S/C33H33NO8/c35-16-15-34-31(37)25-21-28(40-32(38)24-9-7-8-23(20-24)14-18-39-19-17-36)30-29(22-25)41-33(42-30,26-10-3-1-4-11-26)27-12-5-2-6-13-27/h1-14,18,20,22,28-30,35-36H,15-17,19,21H2,(H,34,37)/t28-,29-,30+/m1/s1. The van der Waals surface area contributed by atoms with Gasteiger partial charge in [-0.1, -0.05) is 72.8 Å². The molecule has 1 fully saturated rings. The van der Waals surface area contributed by atoms with Crippen LogP contribution in [0.3, 0.4) is 0 Å². The summed E-state index contributed by atoms with van der Waals surface area (Å²) in [6.07, 6.45) is 2.68. The van der Waals surface area contributed by atoms with Gasteiger partial charge in [-0.25, -0.2) is 4.79 Å². The molecule has 0 saturated carbocycles. The third-order valence-electron chi connectivity index (χ3n) is 7.02. The molecule has 42 heavy (non-hydrogen) atoms. The molecule has 0 spiro atoms. The molecule has 2 aliphatic rings. The van der Waals surface area contributed by atoms with Crippen LogP contribution in [0.5, 0.6) is 0 Å². The van der Waals surface area contributed by atoms with E-state index in [2.05, 4.69) is 5.32 Å². The molecule has 0 bridgehead atoms. The summed E-state index contributed by atoms with van der Waals surface area (Å²) in [4.78, 5) is 26.4. The van der Waals surface area contributed by atoms with Crippen LogP contribution in [0, 0.1) is 0 Å². The Morgan fingerprint density at radius 1 is 0.929 bits per heavy atom. The average Bonchev–Trinajstić information content (AvgIpc) is 3.44. The van der Waals surface area contributed by atoms with E-state index in [-0.39, 0.29) is 38.7 Å². The maximum atomic E-state index is 13.4. The molecule has 3 aromatic carbocycles. The smallest absolute Gasteiger partial charge is 0.338 e. The zero-order valence-corrected chi connectivity index (χ0v) is 22.9. The first-order valence-corrected chi connectivity index (χ1v) is 13.8. The van der Waals surface area contributed by atoms with Crippen LogP contribution in [0.2, 0.25) is 0 Å². The number of amides is 1. The largest absolute Gasteiger partial charge is 0.499 e.